The van der Waals surface area contributed by atoms with Crippen LogP contribution >= 0.6 is 0 Å². The topological polar surface area (TPSA) is 20.2 Å². The van der Waals surface area contributed by atoms with Crippen molar-refractivity contribution in [3.8, 4) is 11.8 Å². The minimum Gasteiger partial charge on any atom is -0.377 e. The first-order valence-electron chi connectivity index (χ1n) is 7.60. The number of unbranched alkanes of at least 4 members (excludes halogenated alkanes) is 10. The molecule has 1 N–H and O–H groups in total. The van der Waals surface area contributed by atoms with Gasteiger partial charge in [0.15, 0.2) is 0 Å². The lowest BCUT2D eigenvalue weighted by Crippen LogP contribution is -1.94. The smallest absolute Gasteiger partial charge is 0.133 e. The average molecular weight is 250 g/mol. The Morgan fingerprint density at radius 1 is 0.944 bits per heavy atom. The van der Waals surface area contributed by atoms with Gasteiger partial charge in [-0.15, -0.1) is 5.92 Å². The van der Waals surface area contributed by atoms with Crippen LogP contribution in [0.3, 0.4) is 0 Å². The van der Waals surface area contributed by atoms with Crippen LogP contribution < -0.4 is 0 Å². The molecule has 0 fully saturated rings. The van der Waals surface area contributed by atoms with Crippen molar-refractivity contribution in [2.75, 3.05) is 0 Å². The molecule has 0 saturated heterocycles. The molecule has 0 bridgehead atoms. The SMILES string of the molecule is C=CC(O)C#CCCCCCCCCCCCC. The van der Waals surface area contributed by atoms with Gasteiger partial charge in [0.05, 0.1) is 0 Å². The Kier molecular flexibility index (Phi) is 13.7. The minimum atomic E-state index is -0.645. The van der Waals surface area contributed by atoms with Gasteiger partial charge >= 0.3 is 0 Å². The highest BCUT2D eigenvalue weighted by Crippen LogP contribution is 2.10. The second-order valence-electron chi connectivity index (χ2n) is 4.93. The van der Waals surface area contributed by atoms with E-state index in [1.807, 2.05) is 0 Å². The van der Waals surface area contributed by atoms with Crippen LogP contribution in [0.1, 0.15) is 77.6 Å². The number of aliphatic hydroxyl groups excluding tert-OH is 1. The van der Waals surface area contributed by atoms with Crippen molar-refractivity contribution in [2.45, 2.75) is 83.7 Å². The molecule has 0 heterocycles. The molecule has 0 aliphatic heterocycles. The third-order valence-corrected chi connectivity index (χ3v) is 3.13. The molecule has 0 aliphatic carbocycles. The van der Waals surface area contributed by atoms with Gasteiger partial charge in [-0.3, -0.25) is 0 Å². The van der Waals surface area contributed by atoms with Gasteiger partial charge in [0.25, 0.3) is 0 Å². The van der Waals surface area contributed by atoms with Crippen LogP contribution in [0.4, 0.5) is 0 Å². The third-order valence-electron chi connectivity index (χ3n) is 3.13. The van der Waals surface area contributed by atoms with E-state index in [1.54, 1.807) is 0 Å². The maximum absolute atomic E-state index is 9.13. The Labute approximate surface area is 114 Å². The maximum atomic E-state index is 9.13. The summed E-state index contributed by atoms with van der Waals surface area (Å²) in [5.74, 6) is 5.74. The highest BCUT2D eigenvalue weighted by Gasteiger charge is 1.92. The van der Waals surface area contributed by atoms with E-state index in [1.165, 1.54) is 63.9 Å². The fourth-order valence-corrected chi connectivity index (χ4v) is 1.94. The normalized spacial score (nSPS) is 11.7. The summed E-state index contributed by atoms with van der Waals surface area (Å²) in [5, 5.41) is 9.13. The quantitative estimate of drug-likeness (QED) is 0.316. The summed E-state index contributed by atoms with van der Waals surface area (Å²) in [6, 6.07) is 0. The van der Waals surface area contributed by atoms with Crippen molar-refractivity contribution in [2.24, 2.45) is 0 Å². The number of hydrogen-bond acceptors (Lipinski definition) is 1. The van der Waals surface area contributed by atoms with Gasteiger partial charge in [0.1, 0.15) is 6.10 Å². The molecule has 0 amide bonds. The predicted octanol–water partition coefficient (Wildman–Crippen LogP) is 4.85. The lowest BCUT2D eigenvalue weighted by molar-refractivity contribution is 0.281. The fourth-order valence-electron chi connectivity index (χ4n) is 1.94. The first kappa shape index (κ1) is 17.3. The van der Waals surface area contributed by atoms with Crippen molar-refractivity contribution in [1.29, 1.82) is 0 Å². The van der Waals surface area contributed by atoms with Gasteiger partial charge in [-0.1, -0.05) is 83.3 Å². The standard InChI is InChI=1S/C17H30O/c1-3-5-6-7-8-9-10-11-12-13-14-15-16-17(18)4-2/h4,17-18H,2-3,5-14H2,1H3. The van der Waals surface area contributed by atoms with E-state index in [9.17, 15) is 0 Å². The highest BCUT2D eigenvalue weighted by atomic mass is 16.3. The average Bonchev–Trinajstić information content (AvgIpc) is 2.39. The molecule has 104 valence electrons. The van der Waals surface area contributed by atoms with Gasteiger partial charge in [-0.25, -0.2) is 0 Å². The van der Waals surface area contributed by atoms with Gasteiger partial charge in [-0.2, -0.15) is 0 Å². The number of rotatable bonds is 11. The first-order chi connectivity index (χ1) is 8.81. The Balaban J connectivity index is 3.11. The maximum Gasteiger partial charge on any atom is 0.133 e. The summed E-state index contributed by atoms with van der Waals surface area (Å²) < 4.78 is 0. The van der Waals surface area contributed by atoms with Crippen molar-refractivity contribution in [3.05, 3.63) is 12.7 Å². The van der Waals surface area contributed by atoms with E-state index in [-0.39, 0.29) is 0 Å². The molecule has 0 aromatic carbocycles. The first-order valence-corrected chi connectivity index (χ1v) is 7.60. The van der Waals surface area contributed by atoms with E-state index in [0.29, 0.717) is 0 Å². The van der Waals surface area contributed by atoms with Crippen molar-refractivity contribution in [3.63, 3.8) is 0 Å². The second kappa shape index (κ2) is 14.3. The van der Waals surface area contributed by atoms with Crippen LogP contribution in [0.2, 0.25) is 0 Å². The zero-order valence-corrected chi connectivity index (χ0v) is 12.1. The summed E-state index contributed by atoms with van der Waals surface area (Å²) in [7, 11) is 0. The number of hydrogen-bond donors (Lipinski definition) is 1. The van der Waals surface area contributed by atoms with Crippen LogP contribution in [-0.4, -0.2) is 11.2 Å². The Hall–Kier alpha value is -0.740. The molecule has 0 saturated carbocycles. The van der Waals surface area contributed by atoms with Crippen LogP contribution in [0.25, 0.3) is 0 Å². The molecular formula is C17H30O. The molecule has 0 radical (unpaired) electrons. The van der Waals surface area contributed by atoms with E-state index in [2.05, 4.69) is 25.3 Å². The largest absolute Gasteiger partial charge is 0.377 e. The summed E-state index contributed by atoms with van der Waals surface area (Å²) in [6.45, 7) is 5.74. The lowest BCUT2D eigenvalue weighted by Gasteiger charge is -2.00. The zero-order chi connectivity index (χ0) is 13.5. The molecule has 0 aromatic rings. The summed E-state index contributed by atoms with van der Waals surface area (Å²) in [5.41, 5.74) is 0. The van der Waals surface area contributed by atoms with Gasteiger partial charge < -0.3 is 5.11 Å². The van der Waals surface area contributed by atoms with E-state index in [0.717, 1.165) is 12.8 Å². The van der Waals surface area contributed by atoms with Crippen molar-refractivity contribution < 1.29 is 5.11 Å². The minimum absolute atomic E-state index is 0.645. The summed E-state index contributed by atoms with van der Waals surface area (Å²) in [4.78, 5) is 0. The highest BCUT2D eigenvalue weighted by molar-refractivity contribution is 5.10. The molecule has 1 unspecified atom stereocenters. The van der Waals surface area contributed by atoms with Crippen LogP contribution in [0, 0.1) is 11.8 Å². The van der Waals surface area contributed by atoms with E-state index >= 15 is 0 Å². The summed E-state index contributed by atoms with van der Waals surface area (Å²) in [6.07, 6.45) is 15.2. The predicted molar refractivity (Wildman–Crippen MR) is 80.4 cm³/mol. The monoisotopic (exact) mass is 250 g/mol. The van der Waals surface area contributed by atoms with Crippen LogP contribution in [0.15, 0.2) is 12.7 Å². The van der Waals surface area contributed by atoms with Gasteiger partial charge in [-0.05, 0) is 6.42 Å². The third kappa shape index (κ3) is 13.3. The Morgan fingerprint density at radius 2 is 1.44 bits per heavy atom. The fraction of sp³-hybridized carbons (Fsp3) is 0.765. The lowest BCUT2D eigenvalue weighted by atomic mass is 10.1. The molecule has 0 spiro atoms. The summed E-state index contributed by atoms with van der Waals surface area (Å²) >= 11 is 0. The van der Waals surface area contributed by atoms with Crippen LogP contribution in [-0.2, 0) is 0 Å². The molecule has 1 nitrogen and oxygen atoms in total. The Bertz CT molecular complexity index is 234. The van der Waals surface area contributed by atoms with Crippen molar-refractivity contribution in [1.82, 2.24) is 0 Å². The molecule has 1 atom stereocenters. The molecule has 0 aliphatic rings. The van der Waals surface area contributed by atoms with Gasteiger partial charge in [0, 0.05) is 6.42 Å². The molecule has 1 heteroatoms. The van der Waals surface area contributed by atoms with E-state index in [4.69, 9.17) is 5.11 Å². The van der Waals surface area contributed by atoms with Gasteiger partial charge in [0.2, 0.25) is 0 Å². The molecule has 0 aromatic heterocycles. The zero-order valence-electron chi connectivity index (χ0n) is 12.1. The second-order valence-corrected chi connectivity index (χ2v) is 4.93. The Morgan fingerprint density at radius 3 is 1.94 bits per heavy atom. The van der Waals surface area contributed by atoms with Crippen LogP contribution in [0.5, 0.6) is 0 Å². The molecule has 18 heavy (non-hydrogen) atoms. The van der Waals surface area contributed by atoms with Crippen molar-refractivity contribution >= 4 is 0 Å². The molecule has 0 rings (SSSR count). The molecular weight excluding hydrogens is 220 g/mol. The number of aliphatic hydroxyl groups is 1. The van der Waals surface area contributed by atoms with E-state index < -0.39 is 6.10 Å².